The molecule has 0 saturated heterocycles. The molecule has 9 heteroatoms. The molecule has 3 N–H and O–H groups in total. The number of carbonyl (C=O) groups excluding carboxylic acids is 2. The normalized spacial score (nSPS) is 10.7. The maximum Gasteiger partial charge on any atom is 0.321 e. The Bertz CT molecular complexity index is 598. The first-order valence-corrected chi connectivity index (χ1v) is 6.38. The highest BCUT2D eigenvalue weighted by molar-refractivity contribution is 5.96. The van der Waals surface area contributed by atoms with Crippen molar-refractivity contribution in [1.29, 1.82) is 0 Å². The van der Waals surface area contributed by atoms with E-state index < -0.39 is 33.9 Å². The molecule has 0 saturated carbocycles. The average molecular weight is 312 g/mol. The highest BCUT2D eigenvalue weighted by atomic mass is 19.1. The van der Waals surface area contributed by atoms with Crippen LogP contribution in [0.2, 0.25) is 0 Å². The number of urea groups is 1. The minimum absolute atomic E-state index is 0.194. The molecule has 1 rings (SSSR count). The molecule has 3 amide bonds. The summed E-state index contributed by atoms with van der Waals surface area (Å²) in [6.07, 6.45) is 0. The van der Waals surface area contributed by atoms with Crippen molar-refractivity contribution in [3.8, 4) is 0 Å². The Kier molecular flexibility index (Phi) is 5.39. The van der Waals surface area contributed by atoms with Gasteiger partial charge in [-0.1, -0.05) is 0 Å². The van der Waals surface area contributed by atoms with Crippen molar-refractivity contribution in [3.05, 3.63) is 34.1 Å². The third-order valence-corrected chi connectivity index (χ3v) is 2.34. The number of rotatable bonds is 4. The van der Waals surface area contributed by atoms with Gasteiger partial charge in [-0.2, -0.15) is 4.39 Å². The van der Waals surface area contributed by atoms with Gasteiger partial charge in [0, 0.05) is 17.3 Å². The first kappa shape index (κ1) is 17.3. The summed E-state index contributed by atoms with van der Waals surface area (Å²) in [6, 6.07) is 2.50. The Morgan fingerprint density at radius 2 is 1.95 bits per heavy atom. The lowest BCUT2D eigenvalue weighted by Gasteiger charge is -2.20. The third kappa shape index (κ3) is 5.73. The zero-order chi connectivity index (χ0) is 16.9. The lowest BCUT2D eigenvalue weighted by molar-refractivity contribution is -0.387. The van der Waals surface area contributed by atoms with Crippen LogP contribution in [0.4, 0.5) is 20.6 Å². The number of hydrogen-bond donors (Lipinski definition) is 3. The number of imide groups is 1. The molecule has 0 aliphatic rings. The molecule has 1 aromatic rings. The number of hydrogen-bond acceptors (Lipinski definition) is 5. The number of nitro benzene ring substituents is 1. The van der Waals surface area contributed by atoms with Crippen LogP contribution in [0.3, 0.4) is 0 Å². The molecule has 0 bridgehead atoms. The molecule has 0 heterocycles. The van der Waals surface area contributed by atoms with E-state index in [1.807, 2.05) is 0 Å². The predicted molar refractivity (Wildman–Crippen MR) is 78.0 cm³/mol. The van der Waals surface area contributed by atoms with E-state index in [-0.39, 0.29) is 12.2 Å². The number of carbonyl (C=O) groups is 2. The Morgan fingerprint density at radius 1 is 1.32 bits per heavy atom. The summed E-state index contributed by atoms with van der Waals surface area (Å²) in [5, 5.41) is 17.8. The first-order valence-electron chi connectivity index (χ1n) is 6.38. The molecule has 0 atom stereocenters. The maximum absolute atomic E-state index is 13.1. The molecule has 0 aromatic heterocycles. The van der Waals surface area contributed by atoms with Crippen LogP contribution < -0.4 is 16.0 Å². The number of nitro groups is 1. The highest BCUT2D eigenvalue weighted by Crippen LogP contribution is 2.21. The van der Waals surface area contributed by atoms with Crippen LogP contribution in [0.1, 0.15) is 20.8 Å². The van der Waals surface area contributed by atoms with Crippen molar-refractivity contribution in [2.45, 2.75) is 26.3 Å². The monoisotopic (exact) mass is 312 g/mol. The summed E-state index contributed by atoms with van der Waals surface area (Å²) in [6.45, 7) is 4.98. The molecule has 8 nitrogen and oxygen atoms in total. The van der Waals surface area contributed by atoms with Gasteiger partial charge in [0.05, 0.1) is 11.5 Å². The van der Waals surface area contributed by atoms with Crippen molar-refractivity contribution in [2.75, 3.05) is 11.9 Å². The van der Waals surface area contributed by atoms with E-state index in [9.17, 15) is 24.1 Å². The minimum Gasteiger partial charge on any atom is -0.376 e. The Balaban J connectivity index is 2.56. The standard InChI is InChI=1S/C13H17FN4O4/c1-13(2,3)17-12(20)16-11(19)7-15-8-4-5-9(14)10(6-8)18(21)22/h4-6,15H,7H2,1-3H3,(H2,16,17,19,20). The van der Waals surface area contributed by atoms with Gasteiger partial charge in [-0.25, -0.2) is 4.79 Å². The number of nitrogens with zero attached hydrogens (tertiary/aromatic N) is 1. The highest BCUT2D eigenvalue weighted by Gasteiger charge is 2.17. The van der Waals surface area contributed by atoms with Gasteiger partial charge in [-0.3, -0.25) is 20.2 Å². The van der Waals surface area contributed by atoms with Crippen molar-refractivity contribution < 1.29 is 18.9 Å². The predicted octanol–water partition coefficient (Wildman–Crippen LogP) is 1.77. The van der Waals surface area contributed by atoms with E-state index in [4.69, 9.17) is 0 Å². The fourth-order valence-electron chi connectivity index (χ4n) is 1.49. The summed E-state index contributed by atoms with van der Waals surface area (Å²) >= 11 is 0. The molecule has 0 fully saturated rings. The SMILES string of the molecule is CC(C)(C)NC(=O)NC(=O)CNc1ccc(F)c([N+](=O)[O-])c1. The van der Waals surface area contributed by atoms with E-state index in [2.05, 4.69) is 16.0 Å². The number of anilines is 1. The van der Waals surface area contributed by atoms with Crippen LogP contribution in [0, 0.1) is 15.9 Å². The second-order valence-corrected chi connectivity index (χ2v) is 5.53. The summed E-state index contributed by atoms with van der Waals surface area (Å²) in [5.74, 6) is -1.60. The molecule has 0 radical (unpaired) electrons. The number of halogens is 1. The molecule has 0 aliphatic carbocycles. The molecular weight excluding hydrogens is 295 g/mol. The van der Waals surface area contributed by atoms with E-state index in [0.29, 0.717) is 0 Å². The minimum atomic E-state index is -0.968. The van der Waals surface area contributed by atoms with E-state index in [0.717, 1.165) is 12.1 Å². The van der Waals surface area contributed by atoms with Crippen molar-refractivity contribution >= 4 is 23.3 Å². The average Bonchev–Trinajstić information content (AvgIpc) is 2.34. The van der Waals surface area contributed by atoms with Gasteiger partial charge in [0.25, 0.3) is 0 Å². The fraction of sp³-hybridized carbons (Fsp3) is 0.385. The zero-order valence-corrected chi connectivity index (χ0v) is 12.4. The van der Waals surface area contributed by atoms with Crippen molar-refractivity contribution in [1.82, 2.24) is 10.6 Å². The molecule has 0 spiro atoms. The van der Waals surface area contributed by atoms with Gasteiger partial charge in [-0.15, -0.1) is 0 Å². The van der Waals surface area contributed by atoms with E-state index in [1.54, 1.807) is 20.8 Å². The molecule has 0 aliphatic heterocycles. The number of benzene rings is 1. The van der Waals surface area contributed by atoms with E-state index in [1.165, 1.54) is 6.07 Å². The molecule has 22 heavy (non-hydrogen) atoms. The van der Waals surface area contributed by atoms with Crippen LogP contribution >= 0.6 is 0 Å². The fourth-order valence-corrected chi connectivity index (χ4v) is 1.49. The Hall–Kier alpha value is -2.71. The van der Waals surface area contributed by atoms with Gasteiger partial charge in [-0.05, 0) is 32.9 Å². The van der Waals surface area contributed by atoms with Gasteiger partial charge in [0.15, 0.2) is 0 Å². The van der Waals surface area contributed by atoms with Gasteiger partial charge in [0.2, 0.25) is 11.7 Å². The molecule has 0 unspecified atom stereocenters. The van der Waals surface area contributed by atoms with Gasteiger partial charge >= 0.3 is 11.7 Å². The zero-order valence-electron chi connectivity index (χ0n) is 12.4. The number of nitrogens with one attached hydrogen (secondary N) is 3. The summed E-state index contributed by atoms with van der Waals surface area (Å²) in [4.78, 5) is 32.7. The molecule has 1 aromatic carbocycles. The first-order chi connectivity index (χ1) is 10.1. The second kappa shape index (κ2) is 6.83. The topological polar surface area (TPSA) is 113 Å². The van der Waals surface area contributed by atoms with Crippen LogP contribution in [0.25, 0.3) is 0 Å². The second-order valence-electron chi connectivity index (χ2n) is 5.53. The van der Waals surface area contributed by atoms with Crippen molar-refractivity contribution in [2.24, 2.45) is 0 Å². The van der Waals surface area contributed by atoms with Crippen LogP contribution in [-0.2, 0) is 4.79 Å². The summed E-state index contributed by atoms with van der Waals surface area (Å²) < 4.78 is 13.1. The summed E-state index contributed by atoms with van der Waals surface area (Å²) in [7, 11) is 0. The molecule has 120 valence electrons. The van der Waals surface area contributed by atoms with Gasteiger partial charge in [0.1, 0.15) is 0 Å². The third-order valence-electron chi connectivity index (χ3n) is 2.34. The van der Waals surface area contributed by atoms with Crippen molar-refractivity contribution in [3.63, 3.8) is 0 Å². The smallest absolute Gasteiger partial charge is 0.321 e. The Labute approximate surface area is 126 Å². The van der Waals surface area contributed by atoms with Crippen LogP contribution in [0.15, 0.2) is 18.2 Å². The van der Waals surface area contributed by atoms with Crippen LogP contribution in [0.5, 0.6) is 0 Å². The van der Waals surface area contributed by atoms with Crippen LogP contribution in [-0.4, -0.2) is 28.9 Å². The quantitative estimate of drug-likeness (QED) is 0.579. The summed E-state index contributed by atoms with van der Waals surface area (Å²) in [5.41, 5.74) is -0.995. The molecular formula is C13H17FN4O4. The Morgan fingerprint density at radius 3 is 2.50 bits per heavy atom. The number of amides is 3. The largest absolute Gasteiger partial charge is 0.376 e. The lowest BCUT2D eigenvalue weighted by atomic mass is 10.1. The lowest BCUT2D eigenvalue weighted by Crippen LogP contribution is -2.49. The van der Waals surface area contributed by atoms with E-state index >= 15 is 0 Å². The maximum atomic E-state index is 13.1. The van der Waals surface area contributed by atoms with Gasteiger partial charge < -0.3 is 10.6 Å².